The van der Waals surface area contributed by atoms with Crippen LogP contribution < -0.4 is 0 Å². The Labute approximate surface area is 125 Å². The molecule has 19 heavy (non-hydrogen) atoms. The lowest BCUT2D eigenvalue weighted by molar-refractivity contribution is 0.101. The minimum atomic E-state index is 0.0555. The summed E-state index contributed by atoms with van der Waals surface area (Å²) in [4.78, 5) is 21.1. The van der Waals surface area contributed by atoms with Gasteiger partial charge in [0.2, 0.25) is 0 Å². The van der Waals surface area contributed by atoms with E-state index in [1.54, 1.807) is 6.92 Å². The molecule has 0 aliphatic rings. The summed E-state index contributed by atoms with van der Waals surface area (Å²) in [5.74, 6) is 0.0555. The van der Waals surface area contributed by atoms with Crippen LogP contribution in [-0.4, -0.2) is 15.8 Å². The third kappa shape index (κ3) is 3.64. The second kappa shape index (κ2) is 5.84. The zero-order chi connectivity index (χ0) is 14.0. The Morgan fingerprint density at radius 2 is 1.79 bits per heavy atom. The fourth-order valence-electron chi connectivity index (χ4n) is 1.64. The average molecular weight is 337 g/mol. The van der Waals surface area contributed by atoms with E-state index in [4.69, 9.17) is 0 Å². The second-order valence-electron chi connectivity index (χ2n) is 4.24. The van der Waals surface area contributed by atoms with E-state index in [0.29, 0.717) is 10.7 Å². The molecule has 2 rings (SSSR count). The summed E-state index contributed by atoms with van der Waals surface area (Å²) < 4.78 is 0.882. The lowest BCUT2D eigenvalue weighted by atomic mass is 10.2. The maximum Gasteiger partial charge on any atom is 0.192 e. The highest BCUT2D eigenvalue weighted by atomic mass is 79.9. The first-order valence-corrected chi connectivity index (χ1v) is 7.37. The second-order valence-corrected chi connectivity index (χ2v) is 6.10. The zero-order valence-electron chi connectivity index (χ0n) is 10.9. The van der Waals surface area contributed by atoms with E-state index in [2.05, 4.69) is 25.9 Å². The van der Waals surface area contributed by atoms with Crippen molar-refractivity contribution in [1.29, 1.82) is 0 Å². The van der Waals surface area contributed by atoms with Gasteiger partial charge in [-0.2, -0.15) is 0 Å². The number of ketones is 1. The molecule has 0 spiro atoms. The van der Waals surface area contributed by atoms with Gasteiger partial charge in [0, 0.05) is 26.3 Å². The molecule has 1 aromatic carbocycles. The number of halogens is 1. The summed E-state index contributed by atoms with van der Waals surface area (Å²) in [5.41, 5.74) is 2.59. The van der Waals surface area contributed by atoms with Crippen LogP contribution in [0.1, 0.15) is 28.7 Å². The van der Waals surface area contributed by atoms with E-state index in [9.17, 15) is 4.79 Å². The van der Waals surface area contributed by atoms with Crippen LogP contribution in [-0.2, 0) is 0 Å². The van der Waals surface area contributed by atoms with Gasteiger partial charge in [0.05, 0.1) is 0 Å². The molecule has 5 heteroatoms. The van der Waals surface area contributed by atoms with Crippen molar-refractivity contribution < 1.29 is 4.79 Å². The van der Waals surface area contributed by atoms with Crippen LogP contribution in [0.3, 0.4) is 0 Å². The van der Waals surface area contributed by atoms with E-state index >= 15 is 0 Å². The highest BCUT2D eigenvalue weighted by Crippen LogP contribution is 2.32. The molecule has 0 amide bonds. The van der Waals surface area contributed by atoms with Crippen LogP contribution in [0, 0.1) is 13.8 Å². The van der Waals surface area contributed by atoms with Crippen LogP contribution in [0.25, 0.3) is 0 Å². The number of nitrogens with zero attached hydrogens (tertiary/aromatic N) is 2. The van der Waals surface area contributed by atoms with E-state index in [1.165, 1.54) is 11.8 Å². The normalized spacial score (nSPS) is 10.5. The van der Waals surface area contributed by atoms with Gasteiger partial charge in [-0.15, -0.1) is 0 Å². The highest BCUT2D eigenvalue weighted by Gasteiger charge is 2.08. The topological polar surface area (TPSA) is 42.9 Å². The minimum absolute atomic E-state index is 0.0555. The Balaban J connectivity index is 2.30. The smallest absolute Gasteiger partial charge is 0.192 e. The largest absolute Gasteiger partial charge is 0.295 e. The molecule has 0 N–H and O–H groups in total. The van der Waals surface area contributed by atoms with E-state index in [1.807, 2.05) is 38.1 Å². The van der Waals surface area contributed by atoms with E-state index in [0.717, 1.165) is 20.8 Å². The van der Waals surface area contributed by atoms with Crippen molar-refractivity contribution in [2.24, 2.45) is 0 Å². The first-order chi connectivity index (χ1) is 8.95. The molecule has 0 aliphatic heterocycles. The van der Waals surface area contributed by atoms with E-state index in [-0.39, 0.29) is 5.78 Å². The van der Waals surface area contributed by atoms with Crippen molar-refractivity contribution in [2.75, 3.05) is 0 Å². The molecule has 2 aromatic rings. The SMILES string of the molecule is CC(=O)c1ccc(Sc2nc(C)cc(C)n2)c(Br)c1. The fraction of sp³-hybridized carbons (Fsp3) is 0.214. The van der Waals surface area contributed by atoms with Gasteiger partial charge < -0.3 is 0 Å². The summed E-state index contributed by atoms with van der Waals surface area (Å²) in [5, 5.41) is 0.716. The van der Waals surface area contributed by atoms with Crippen molar-refractivity contribution in [2.45, 2.75) is 30.8 Å². The number of carbonyl (C=O) groups excluding carboxylic acids is 1. The van der Waals surface area contributed by atoms with E-state index < -0.39 is 0 Å². The zero-order valence-corrected chi connectivity index (χ0v) is 13.3. The van der Waals surface area contributed by atoms with Gasteiger partial charge in [0.25, 0.3) is 0 Å². The quantitative estimate of drug-likeness (QED) is 0.622. The maximum atomic E-state index is 11.3. The Morgan fingerprint density at radius 1 is 1.16 bits per heavy atom. The first kappa shape index (κ1) is 14.2. The summed E-state index contributed by atoms with van der Waals surface area (Å²) in [6.07, 6.45) is 0. The monoisotopic (exact) mass is 336 g/mol. The fourth-order valence-corrected chi connectivity index (χ4v) is 3.13. The number of hydrogen-bond donors (Lipinski definition) is 0. The molecule has 0 saturated carbocycles. The van der Waals surface area contributed by atoms with Gasteiger partial charge in [-0.1, -0.05) is 6.07 Å². The molecule has 0 unspecified atom stereocenters. The third-order valence-electron chi connectivity index (χ3n) is 2.50. The van der Waals surface area contributed by atoms with Crippen LogP contribution in [0.4, 0.5) is 0 Å². The van der Waals surface area contributed by atoms with Crippen LogP contribution >= 0.6 is 27.7 Å². The lowest BCUT2D eigenvalue weighted by Crippen LogP contribution is -1.94. The molecule has 0 atom stereocenters. The summed E-state index contributed by atoms with van der Waals surface area (Å²) in [7, 11) is 0. The number of benzene rings is 1. The summed E-state index contributed by atoms with van der Waals surface area (Å²) >= 11 is 4.96. The molecule has 1 aromatic heterocycles. The molecule has 0 radical (unpaired) electrons. The van der Waals surface area contributed by atoms with Crippen LogP contribution in [0.15, 0.2) is 38.8 Å². The van der Waals surface area contributed by atoms with Gasteiger partial charge >= 0.3 is 0 Å². The number of aromatic nitrogens is 2. The van der Waals surface area contributed by atoms with Crippen LogP contribution in [0.2, 0.25) is 0 Å². The van der Waals surface area contributed by atoms with Crippen molar-refractivity contribution in [3.63, 3.8) is 0 Å². The van der Waals surface area contributed by atoms with Gasteiger partial charge in [-0.05, 0) is 66.7 Å². The minimum Gasteiger partial charge on any atom is -0.295 e. The van der Waals surface area contributed by atoms with Gasteiger partial charge in [-0.25, -0.2) is 9.97 Å². The molecule has 98 valence electrons. The van der Waals surface area contributed by atoms with Crippen molar-refractivity contribution in [3.05, 3.63) is 45.7 Å². The highest BCUT2D eigenvalue weighted by molar-refractivity contribution is 9.10. The van der Waals surface area contributed by atoms with Gasteiger partial charge in [0.1, 0.15) is 0 Å². The number of hydrogen-bond acceptors (Lipinski definition) is 4. The molecule has 1 heterocycles. The predicted octanol–water partition coefficient (Wildman–Crippen LogP) is 4.21. The molecular weight excluding hydrogens is 324 g/mol. The van der Waals surface area contributed by atoms with Crippen molar-refractivity contribution >= 4 is 33.5 Å². The number of carbonyl (C=O) groups is 1. The Morgan fingerprint density at radius 3 is 2.32 bits per heavy atom. The molecule has 0 aliphatic carbocycles. The van der Waals surface area contributed by atoms with Crippen LogP contribution in [0.5, 0.6) is 0 Å². The van der Waals surface area contributed by atoms with Crippen molar-refractivity contribution in [3.8, 4) is 0 Å². The number of aryl methyl sites for hydroxylation is 2. The summed E-state index contributed by atoms with van der Waals surface area (Å²) in [6, 6.07) is 7.50. The maximum absolute atomic E-state index is 11.3. The molecule has 3 nitrogen and oxygen atoms in total. The molecular formula is C14H13BrN2OS. The molecule has 0 fully saturated rings. The standard InChI is InChI=1S/C14H13BrN2OS/c1-8-6-9(2)17-14(16-8)19-13-5-4-11(10(3)18)7-12(13)15/h4-7H,1-3H3. The Bertz CT molecular complexity index is 623. The third-order valence-corrected chi connectivity index (χ3v) is 4.36. The average Bonchev–Trinajstić information content (AvgIpc) is 2.30. The molecule has 0 saturated heterocycles. The van der Waals surface area contributed by atoms with Crippen molar-refractivity contribution in [1.82, 2.24) is 9.97 Å². The summed E-state index contributed by atoms with van der Waals surface area (Å²) in [6.45, 7) is 5.46. The Hall–Kier alpha value is -1.20. The number of rotatable bonds is 3. The van der Waals surface area contributed by atoms with Gasteiger partial charge in [0.15, 0.2) is 10.9 Å². The number of Topliss-reactive ketones (excluding diaryl/α,β-unsaturated/α-hetero) is 1. The molecule has 0 bridgehead atoms. The predicted molar refractivity (Wildman–Crippen MR) is 79.8 cm³/mol. The lowest BCUT2D eigenvalue weighted by Gasteiger charge is -2.06. The Kier molecular flexibility index (Phi) is 4.37. The first-order valence-electron chi connectivity index (χ1n) is 5.76. The van der Waals surface area contributed by atoms with Gasteiger partial charge in [-0.3, -0.25) is 4.79 Å².